The van der Waals surface area contributed by atoms with Crippen molar-refractivity contribution in [1.29, 1.82) is 0 Å². The fourth-order valence-electron chi connectivity index (χ4n) is 3.62. The summed E-state index contributed by atoms with van der Waals surface area (Å²) in [5, 5.41) is 0.941. The molecule has 0 radical (unpaired) electrons. The SMILES string of the molecule is CN1CCC(c2cn(S(=O)(=O)c3ccccc3)c3ccncc23)CC1. The van der Waals surface area contributed by atoms with Crippen LogP contribution in [0, 0.1) is 0 Å². The Morgan fingerprint density at radius 3 is 2.52 bits per heavy atom. The number of aromatic nitrogens is 2. The summed E-state index contributed by atoms with van der Waals surface area (Å²) in [5.74, 6) is 0.370. The second-order valence-corrected chi connectivity index (χ2v) is 8.48. The quantitative estimate of drug-likeness (QED) is 0.724. The van der Waals surface area contributed by atoms with Crippen molar-refractivity contribution in [3.63, 3.8) is 0 Å². The Balaban J connectivity index is 1.86. The lowest BCUT2D eigenvalue weighted by Gasteiger charge is -2.28. The molecule has 0 spiro atoms. The van der Waals surface area contributed by atoms with Gasteiger partial charge >= 0.3 is 0 Å². The van der Waals surface area contributed by atoms with Gasteiger partial charge in [0.1, 0.15) is 0 Å². The maximum Gasteiger partial charge on any atom is 0.268 e. The number of hydrogen-bond donors (Lipinski definition) is 0. The van der Waals surface area contributed by atoms with E-state index >= 15 is 0 Å². The van der Waals surface area contributed by atoms with Crippen molar-refractivity contribution < 1.29 is 8.42 Å². The molecule has 1 aliphatic rings. The zero-order chi connectivity index (χ0) is 17.4. The highest BCUT2D eigenvalue weighted by atomic mass is 32.2. The summed E-state index contributed by atoms with van der Waals surface area (Å²) < 4.78 is 27.7. The number of rotatable bonds is 3. The van der Waals surface area contributed by atoms with Crippen molar-refractivity contribution in [3.8, 4) is 0 Å². The van der Waals surface area contributed by atoms with Crippen molar-refractivity contribution in [2.75, 3.05) is 20.1 Å². The number of nitrogens with zero attached hydrogens (tertiary/aromatic N) is 3. The lowest BCUT2D eigenvalue weighted by Crippen LogP contribution is -2.29. The molecule has 0 atom stereocenters. The molecule has 3 heterocycles. The first-order valence-electron chi connectivity index (χ1n) is 8.51. The minimum absolute atomic E-state index is 0.304. The van der Waals surface area contributed by atoms with E-state index in [0.717, 1.165) is 36.9 Å². The van der Waals surface area contributed by atoms with E-state index in [-0.39, 0.29) is 0 Å². The molecule has 5 nitrogen and oxygen atoms in total. The molecule has 25 heavy (non-hydrogen) atoms. The summed E-state index contributed by atoms with van der Waals surface area (Å²) in [7, 11) is -1.49. The van der Waals surface area contributed by atoms with Crippen LogP contribution in [0.3, 0.4) is 0 Å². The van der Waals surface area contributed by atoms with Gasteiger partial charge in [-0.1, -0.05) is 18.2 Å². The number of hydrogen-bond acceptors (Lipinski definition) is 4. The highest BCUT2D eigenvalue weighted by Gasteiger charge is 2.26. The van der Waals surface area contributed by atoms with Gasteiger partial charge in [0.25, 0.3) is 10.0 Å². The molecular formula is C19H21N3O2S. The van der Waals surface area contributed by atoms with Gasteiger partial charge in [0.05, 0.1) is 10.4 Å². The van der Waals surface area contributed by atoms with E-state index in [2.05, 4.69) is 16.9 Å². The molecule has 1 fully saturated rings. The smallest absolute Gasteiger partial charge is 0.268 e. The van der Waals surface area contributed by atoms with Crippen molar-refractivity contribution >= 4 is 20.9 Å². The molecule has 0 unspecified atom stereocenters. The van der Waals surface area contributed by atoms with Crippen LogP contribution in [-0.2, 0) is 10.0 Å². The Hall–Kier alpha value is -2.18. The van der Waals surface area contributed by atoms with Crippen LogP contribution < -0.4 is 0 Å². The Morgan fingerprint density at radius 2 is 1.80 bits per heavy atom. The van der Waals surface area contributed by atoms with Crippen LogP contribution in [0.2, 0.25) is 0 Å². The highest BCUT2D eigenvalue weighted by molar-refractivity contribution is 7.90. The number of benzene rings is 1. The second-order valence-electron chi connectivity index (χ2n) is 6.67. The van der Waals surface area contributed by atoms with E-state index < -0.39 is 10.0 Å². The Labute approximate surface area is 148 Å². The van der Waals surface area contributed by atoms with Crippen LogP contribution in [0.1, 0.15) is 24.3 Å². The summed E-state index contributed by atoms with van der Waals surface area (Å²) >= 11 is 0. The lowest BCUT2D eigenvalue weighted by atomic mass is 9.90. The Morgan fingerprint density at radius 1 is 1.08 bits per heavy atom. The normalized spacial score (nSPS) is 17.2. The summed E-state index contributed by atoms with van der Waals surface area (Å²) in [4.78, 5) is 6.85. The van der Waals surface area contributed by atoms with Crippen LogP contribution in [0.25, 0.3) is 10.9 Å². The number of fused-ring (bicyclic) bond motifs is 1. The summed E-state index contributed by atoms with van der Waals surface area (Å²) in [6, 6.07) is 10.4. The van der Waals surface area contributed by atoms with Crippen molar-refractivity contribution in [1.82, 2.24) is 13.9 Å². The molecule has 0 N–H and O–H groups in total. The topological polar surface area (TPSA) is 55.2 Å². The number of likely N-dealkylation sites (tertiary alicyclic amines) is 1. The average molecular weight is 355 g/mol. The lowest BCUT2D eigenvalue weighted by molar-refractivity contribution is 0.256. The molecule has 0 amide bonds. The molecule has 2 aromatic heterocycles. The van der Waals surface area contributed by atoms with E-state index in [0.29, 0.717) is 16.3 Å². The first-order valence-corrected chi connectivity index (χ1v) is 9.95. The van der Waals surface area contributed by atoms with Gasteiger partial charge in [0, 0.05) is 24.0 Å². The number of pyridine rings is 1. The molecule has 1 saturated heterocycles. The van der Waals surface area contributed by atoms with Crippen molar-refractivity contribution in [3.05, 3.63) is 60.6 Å². The van der Waals surface area contributed by atoms with E-state index in [1.807, 2.05) is 12.3 Å². The van der Waals surface area contributed by atoms with E-state index in [1.54, 1.807) is 42.7 Å². The summed E-state index contributed by atoms with van der Waals surface area (Å²) in [5.41, 5.74) is 1.79. The largest absolute Gasteiger partial charge is 0.306 e. The van der Waals surface area contributed by atoms with Gasteiger partial charge in [-0.2, -0.15) is 0 Å². The first kappa shape index (κ1) is 16.3. The number of piperidine rings is 1. The van der Waals surface area contributed by atoms with Crippen LogP contribution >= 0.6 is 0 Å². The summed E-state index contributed by atoms with van der Waals surface area (Å²) in [6.45, 7) is 2.06. The highest BCUT2D eigenvalue weighted by Crippen LogP contribution is 2.35. The summed E-state index contributed by atoms with van der Waals surface area (Å²) in [6.07, 6.45) is 7.33. The van der Waals surface area contributed by atoms with Crippen molar-refractivity contribution in [2.45, 2.75) is 23.7 Å². The van der Waals surface area contributed by atoms with E-state index in [1.165, 1.54) is 3.97 Å². The predicted octanol–water partition coefficient (Wildman–Crippen LogP) is 3.08. The van der Waals surface area contributed by atoms with Gasteiger partial charge in [0.15, 0.2) is 0 Å². The molecule has 3 aromatic rings. The van der Waals surface area contributed by atoms with Gasteiger partial charge in [-0.3, -0.25) is 4.98 Å². The van der Waals surface area contributed by atoms with Crippen LogP contribution in [0.15, 0.2) is 59.9 Å². The second kappa shape index (κ2) is 6.28. The third kappa shape index (κ3) is 2.85. The third-order valence-corrected chi connectivity index (χ3v) is 6.75. The Kier molecular flexibility index (Phi) is 4.09. The molecule has 6 heteroatoms. The predicted molar refractivity (Wildman–Crippen MR) is 98.2 cm³/mol. The fourth-order valence-corrected chi connectivity index (χ4v) is 5.02. The molecule has 4 rings (SSSR count). The third-order valence-electron chi connectivity index (χ3n) is 5.06. The van der Waals surface area contributed by atoms with Gasteiger partial charge in [0.2, 0.25) is 0 Å². The minimum Gasteiger partial charge on any atom is -0.306 e. The molecule has 0 saturated carbocycles. The molecule has 1 aromatic carbocycles. The zero-order valence-electron chi connectivity index (χ0n) is 14.2. The molecule has 0 bridgehead atoms. The maximum atomic E-state index is 13.1. The van der Waals surface area contributed by atoms with Gasteiger partial charge < -0.3 is 4.90 Å². The fraction of sp³-hybridized carbons (Fsp3) is 0.316. The van der Waals surface area contributed by atoms with E-state index in [4.69, 9.17) is 0 Å². The van der Waals surface area contributed by atoms with Gasteiger partial charge in [-0.25, -0.2) is 12.4 Å². The van der Waals surface area contributed by atoms with Crippen molar-refractivity contribution in [2.24, 2.45) is 0 Å². The van der Waals surface area contributed by atoms with E-state index in [9.17, 15) is 8.42 Å². The molecular weight excluding hydrogens is 334 g/mol. The molecule has 1 aliphatic heterocycles. The Bertz CT molecular complexity index is 988. The van der Waals surface area contributed by atoms with Crippen LogP contribution in [0.5, 0.6) is 0 Å². The minimum atomic E-state index is -3.62. The monoisotopic (exact) mass is 355 g/mol. The van der Waals surface area contributed by atoms with Crippen LogP contribution in [-0.4, -0.2) is 42.4 Å². The average Bonchev–Trinajstić information content (AvgIpc) is 3.04. The first-order chi connectivity index (χ1) is 12.1. The van der Waals surface area contributed by atoms with Crippen LogP contribution in [0.4, 0.5) is 0 Å². The van der Waals surface area contributed by atoms with Gasteiger partial charge in [-0.15, -0.1) is 0 Å². The zero-order valence-corrected chi connectivity index (χ0v) is 15.0. The molecule has 130 valence electrons. The molecule has 0 aliphatic carbocycles. The standard InChI is InChI=1S/C19H21N3O2S/c1-21-11-8-15(9-12-21)18-14-22(19-7-10-20-13-17(18)19)25(23,24)16-5-3-2-4-6-16/h2-7,10,13-15H,8-9,11-12H2,1H3. The van der Waals surface area contributed by atoms with Gasteiger partial charge in [-0.05, 0) is 62.7 Å². The maximum absolute atomic E-state index is 13.1.